The minimum atomic E-state index is -2.91. The zero-order valence-corrected chi connectivity index (χ0v) is 44.9. The minimum absolute atomic E-state index is 0.0194. The lowest BCUT2D eigenvalue weighted by Gasteiger charge is -2.48. The Morgan fingerprint density at radius 3 is 2.31 bits per heavy atom. The fourth-order valence-corrected chi connectivity index (χ4v) is 18.0. The summed E-state index contributed by atoms with van der Waals surface area (Å²) in [5, 5.41) is 3.64. The Kier molecular flexibility index (Phi) is 13.0. The number of benzene rings is 2. The van der Waals surface area contributed by atoms with Crippen molar-refractivity contribution in [2.75, 3.05) is 36.5 Å². The normalized spacial score (nSPS) is 23.8. The van der Waals surface area contributed by atoms with Crippen LogP contribution in [0.2, 0.25) is 16.6 Å². The number of halogens is 4. The molecule has 5 atom stereocenters. The second-order valence-electron chi connectivity index (χ2n) is 23.7. The molecule has 0 radical (unpaired) electrons. The predicted molar refractivity (Wildman–Crippen MR) is 273 cm³/mol. The van der Waals surface area contributed by atoms with E-state index in [-0.39, 0.29) is 98.9 Å². The highest BCUT2D eigenvalue weighted by atomic mass is 28.3. The summed E-state index contributed by atoms with van der Waals surface area (Å²) in [7, 11) is -2.46. The molecule has 0 saturated carbocycles. The molecule has 4 saturated heterocycles. The number of carbonyl (C=O) groups is 2. The SMILES string of the molecule is CC(C)[Si](C#Cc1c(F)ccc2cc(NC(=O)OC(C)(C)C)cc(-c3nc4c5c(nc(OCC67CCCN6CC(F)(F)C7)nc5c3F)N3C[C@H]5CC[C@@H]([C@H]3[C@H](C)O4)N5C(=O)OC(C)(C)C)c12)(C(C)C)C(C)C. The van der Waals surface area contributed by atoms with Gasteiger partial charge in [0.05, 0.1) is 35.8 Å². The Morgan fingerprint density at radius 1 is 0.944 bits per heavy atom. The maximum absolute atomic E-state index is 18.4. The first kappa shape index (κ1) is 51.5. The van der Waals surface area contributed by atoms with Crippen LogP contribution in [0.15, 0.2) is 24.3 Å². The number of nitrogens with zero attached hydrogens (tertiary/aromatic N) is 6. The fraction of sp³-hybridized carbons (Fsp3) is 0.611. The summed E-state index contributed by atoms with van der Waals surface area (Å²) in [6.07, 6.45) is 0.201. The van der Waals surface area contributed by atoms with Crippen molar-refractivity contribution >= 4 is 53.4 Å². The zero-order valence-electron chi connectivity index (χ0n) is 43.9. The predicted octanol–water partition coefficient (Wildman–Crippen LogP) is 12.0. The Bertz CT molecular complexity index is 2870. The molecular formula is C54H69F4N7O6Si. The van der Waals surface area contributed by atoms with Crippen molar-refractivity contribution in [1.29, 1.82) is 0 Å². The standard InChI is InChI=1S/C54H69F4N7O6Si/c1-29(2)72(30(3)4,31(5)6)22-19-36-38(55)17-15-33-23-34(59-49(66)70-51(8,9)10)24-37(40(33)36)43-42(56)44-41-46(62-48(61-44)68-28-53-20-14-21-63(53)27-54(57,58)26-53)64-25-35-16-18-39(45(64)32(7)69-47(41)60-43)65(35)50(67)71-52(11,12)13/h15,17,23-24,29-32,35,39,45H,14,16,18,20-21,25-28H2,1-13H3,(H,59,66)/t32-,35+,39-,45+,53?/m0/s1. The summed E-state index contributed by atoms with van der Waals surface area (Å²) in [6, 6.07) is 4.58. The number of fused-ring (bicyclic) bond motifs is 7. The lowest BCUT2D eigenvalue weighted by atomic mass is 9.94. The van der Waals surface area contributed by atoms with Gasteiger partial charge in [0.2, 0.25) is 5.88 Å². The molecule has 2 bridgehead atoms. The first-order valence-corrected chi connectivity index (χ1v) is 27.8. The average Bonchev–Trinajstić information content (AvgIpc) is 3.84. The van der Waals surface area contributed by atoms with Gasteiger partial charge in [0.15, 0.2) is 5.82 Å². The molecule has 0 aliphatic carbocycles. The molecule has 4 fully saturated rings. The van der Waals surface area contributed by atoms with E-state index >= 15 is 17.6 Å². The largest absolute Gasteiger partial charge is 0.472 e. The lowest BCUT2D eigenvalue weighted by molar-refractivity contribution is 0.000848. The van der Waals surface area contributed by atoms with E-state index in [0.29, 0.717) is 31.2 Å². The summed E-state index contributed by atoms with van der Waals surface area (Å²) in [4.78, 5) is 47.6. The van der Waals surface area contributed by atoms with Crippen molar-refractivity contribution in [2.24, 2.45) is 0 Å². The first-order valence-electron chi connectivity index (χ1n) is 25.5. The van der Waals surface area contributed by atoms with Gasteiger partial charge in [-0.25, -0.2) is 32.1 Å². The van der Waals surface area contributed by atoms with Crippen LogP contribution in [0.4, 0.5) is 38.7 Å². The number of rotatable bonds is 8. The highest BCUT2D eigenvalue weighted by Crippen LogP contribution is 2.50. The van der Waals surface area contributed by atoms with Crippen LogP contribution >= 0.6 is 0 Å². The minimum Gasteiger partial charge on any atom is -0.472 e. The smallest absolute Gasteiger partial charge is 0.412 e. The molecule has 388 valence electrons. The number of amides is 2. The lowest BCUT2D eigenvalue weighted by Crippen LogP contribution is -2.65. The number of alkyl halides is 2. The van der Waals surface area contributed by atoms with Gasteiger partial charge < -0.3 is 23.8 Å². The average molecular weight is 1020 g/mol. The third-order valence-corrected chi connectivity index (χ3v) is 21.8. The third-order valence-electron chi connectivity index (χ3n) is 15.5. The second kappa shape index (κ2) is 18.2. The number of aromatic nitrogens is 3. The number of pyridine rings is 1. The number of ether oxygens (including phenoxy) is 4. The number of hydrogen-bond donors (Lipinski definition) is 1. The van der Waals surface area contributed by atoms with Crippen molar-refractivity contribution in [1.82, 2.24) is 24.8 Å². The van der Waals surface area contributed by atoms with Gasteiger partial charge in [-0.05, 0) is 121 Å². The van der Waals surface area contributed by atoms with Crippen LogP contribution in [-0.2, 0) is 9.47 Å². The van der Waals surface area contributed by atoms with Gasteiger partial charge in [0.1, 0.15) is 60.2 Å². The van der Waals surface area contributed by atoms with Gasteiger partial charge in [-0.2, -0.15) is 9.97 Å². The van der Waals surface area contributed by atoms with E-state index < -0.39 is 79.2 Å². The van der Waals surface area contributed by atoms with Crippen LogP contribution in [0.25, 0.3) is 32.9 Å². The van der Waals surface area contributed by atoms with Gasteiger partial charge in [0.25, 0.3) is 5.92 Å². The molecule has 2 amide bonds. The molecule has 7 heterocycles. The molecule has 5 aliphatic rings. The molecule has 0 spiro atoms. The van der Waals surface area contributed by atoms with Crippen molar-refractivity contribution in [3.05, 3.63) is 41.5 Å². The topological polar surface area (TPSA) is 131 Å². The van der Waals surface area contributed by atoms with Gasteiger partial charge in [0, 0.05) is 29.6 Å². The van der Waals surface area contributed by atoms with E-state index in [4.69, 9.17) is 33.9 Å². The van der Waals surface area contributed by atoms with E-state index in [9.17, 15) is 9.59 Å². The van der Waals surface area contributed by atoms with E-state index in [0.717, 1.165) is 6.42 Å². The van der Waals surface area contributed by atoms with Crippen molar-refractivity contribution in [3.8, 4) is 34.6 Å². The highest BCUT2D eigenvalue weighted by Gasteiger charge is 2.58. The summed E-state index contributed by atoms with van der Waals surface area (Å²) < 4.78 is 90.1. The van der Waals surface area contributed by atoms with Crippen molar-refractivity contribution in [2.45, 2.75) is 186 Å². The van der Waals surface area contributed by atoms with Crippen LogP contribution in [0, 0.1) is 23.1 Å². The number of piperazine rings is 1. The van der Waals surface area contributed by atoms with Gasteiger partial charge in [-0.15, -0.1) is 5.54 Å². The number of anilines is 2. The zero-order chi connectivity index (χ0) is 52.2. The van der Waals surface area contributed by atoms with Gasteiger partial charge in [-0.1, -0.05) is 53.5 Å². The van der Waals surface area contributed by atoms with Crippen molar-refractivity contribution in [3.63, 3.8) is 0 Å². The molecule has 2 aromatic carbocycles. The Morgan fingerprint density at radius 2 is 1.64 bits per heavy atom. The summed E-state index contributed by atoms with van der Waals surface area (Å²) in [5.74, 6) is -0.900. The Balaban J connectivity index is 1.28. The van der Waals surface area contributed by atoms with E-state index in [1.807, 2.05) is 32.6 Å². The summed E-state index contributed by atoms with van der Waals surface area (Å²) >= 11 is 0. The molecule has 9 rings (SSSR count). The van der Waals surface area contributed by atoms with E-state index in [1.54, 1.807) is 42.7 Å². The van der Waals surface area contributed by atoms with Crippen LogP contribution in [0.5, 0.6) is 11.9 Å². The quantitative estimate of drug-likeness (QED) is 0.103. The molecule has 4 aromatic rings. The second-order valence-corrected chi connectivity index (χ2v) is 29.3. The summed E-state index contributed by atoms with van der Waals surface area (Å²) in [5.41, 5.74) is 1.59. The van der Waals surface area contributed by atoms with Crippen LogP contribution in [0.1, 0.15) is 128 Å². The van der Waals surface area contributed by atoms with Gasteiger partial charge >= 0.3 is 18.2 Å². The summed E-state index contributed by atoms with van der Waals surface area (Å²) in [6.45, 7) is 25.7. The van der Waals surface area contributed by atoms with Gasteiger partial charge in [-0.3, -0.25) is 15.1 Å². The molecule has 18 heteroatoms. The highest BCUT2D eigenvalue weighted by molar-refractivity contribution is 6.90. The maximum Gasteiger partial charge on any atom is 0.412 e. The molecule has 72 heavy (non-hydrogen) atoms. The van der Waals surface area contributed by atoms with E-state index in [2.05, 4.69) is 58.3 Å². The molecular weight excluding hydrogens is 947 g/mol. The van der Waals surface area contributed by atoms with E-state index in [1.165, 1.54) is 12.1 Å². The molecule has 13 nitrogen and oxygen atoms in total. The van der Waals surface area contributed by atoms with Crippen LogP contribution < -0.4 is 19.7 Å². The van der Waals surface area contributed by atoms with Crippen molar-refractivity contribution < 1.29 is 46.1 Å². The molecule has 5 aliphatic heterocycles. The van der Waals surface area contributed by atoms with Crippen LogP contribution in [0.3, 0.4) is 0 Å². The van der Waals surface area contributed by atoms with Crippen LogP contribution in [-0.4, -0.2) is 118 Å². The molecule has 2 aromatic heterocycles. The Labute approximate surface area is 421 Å². The molecule has 1 N–H and O–H groups in total. The maximum atomic E-state index is 18.4. The number of hydrogen-bond acceptors (Lipinski definition) is 11. The monoisotopic (exact) mass is 1020 g/mol. The first-order chi connectivity index (χ1) is 33.6. The molecule has 1 unspecified atom stereocenters. The number of carbonyl (C=O) groups excluding carboxylic acids is 2. The number of nitrogens with one attached hydrogen (secondary N) is 1. The third kappa shape index (κ3) is 9.19. The fourth-order valence-electron chi connectivity index (χ4n) is 12.8. The Hall–Kier alpha value is -5.41.